The number of nitrogens with one attached hydrogen (secondary N) is 1. The van der Waals surface area contributed by atoms with Crippen molar-refractivity contribution in [2.75, 3.05) is 51.7 Å². The van der Waals surface area contributed by atoms with E-state index in [1.807, 2.05) is 55.4 Å². The minimum atomic E-state index is -0.329. The molecule has 0 radical (unpaired) electrons. The Labute approximate surface area is 254 Å². The molecule has 5 rings (SSSR count). The van der Waals surface area contributed by atoms with Crippen LogP contribution in [0, 0.1) is 0 Å². The summed E-state index contributed by atoms with van der Waals surface area (Å²) in [5, 5.41) is 15.1. The lowest BCUT2D eigenvalue weighted by Crippen LogP contribution is -2.21. The Balaban J connectivity index is 1.54. The van der Waals surface area contributed by atoms with Crippen LogP contribution >= 0.6 is 0 Å². The third kappa shape index (κ3) is 6.01. The van der Waals surface area contributed by atoms with E-state index in [0.717, 1.165) is 11.1 Å². The zero-order valence-corrected chi connectivity index (χ0v) is 25.3. The van der Waals surface area contributed by atoms with E-state index in [0.29, 0.717) is 52.5 Å². The maximum Gasteiger partial charge on any atom is 0.274 e. The molecular weight excluding hydrogens is 562 g/mol. The summed E-state index contributed by atoms with van der Waals surface area (Å²) in [6.07, 6.45) is 3.41. The van der Waals surface area contributed by atoms with Crippen LogP contribution in [0.3, 0.4) is 0 Å². The molecule has 2 aromatic carbocycles. The molecule has 0 spiro atoms. The first-order chi connectivity index (χ1) is 21.2. The van der Waals surface area contributed by atoms with Crippen molar-refractivity contribution in [2.45, 2.75) is 6.61 Å². The molecule has 0 aliphatic rings. The molecule has 0 bridgehead atoms. The van der Waals surface area contributed by atoms with E-state index in [9.17, 15) is 14.7 Å². The second kappa shape index (κ2) is 13.0. The fraction of sp³-hybridized carbons (Fsp3) is 0.242. The summed E-state index contributed by atoms with van der Waals surface area (Å²) in [5.74, 6) is 1.09. The number of aliphatic hydroxyl groups is 1. The number of aromatic nitrogens is 3. The molecule has 0 saturated carbocycles. The first-order valence-corrected chi connectivity index (χ1v) is 14.0. The van der Waals surface area contributed by atoms with Crippen LogP contribution in [0.4, 0.5) is 17.2 Å². The Morgan fingerprint density at radius 3 is 2.52 bits per heavy atom. The summed E-state index contributed by atoms with van der Waals surface area (Å²) in [5.41, 5.74) is 3.21. The number of pyridine rings is 3. The predicted molar refractivity (Wildman–Crippen MR) is 172 cm³/mol. The van der Waals surface area contributed by atoms with Gasteiger partial charge in [0.2, 0.25) is 0 Å². The van der Waals surface area contributed by atoms with Gasteiger partial charge in [0.25, 0.3) is 17.0 Å². The molecule has 5 aromatic rings. The van der Waals surface area contributed by atoms with E-state index in [4.69, 9.17) is 14.2 Å². The highest BCUT2D eigenvalue weighted by atomic mass is 16.5. The molecule has 3 aromatic heterocycles. The number of hydrogen-bond acceptors (Lipinski definition) is 9. The third-order valence-corrected chi connectivity index (χ3v) is 7.29. The minimum Gasteiger partial charge on any atom is -0.486 e. The largest absolute Gasteiger partial charge is 0.486 e. The van der Waals surface area contributed by atoms with Crippen molar-refractivity contribution in [1.29, 1.82) is 0 Å². The van der Waals surface area contributed by atoms with Crippen LogP contribution in [-0.4, -0.2) is 60.8 Å². The van der Waals surface area contributed by atoms with E-state index in [1.54, 1.807) is 55.4 Å². The average Bonchev–Trinajstić information content (AvgIpc) is 3.03. The smallest absolute Gasteiger partial charge is 0.274 e. The van der Waals surface area contributed by atoms with Crippen LogP contribution in [0.25, 0.3) is 27.6 Å². The molecule has 0 saturated heterocycles. The Hall–Kier alpha value is -5.13. The molecule has 3 heterocycles. The van der Waals surface area contributed by atoms with Crippen LogP contribution in [0.2, 0.25) is 0 Å². The number of nitrogens with zero attached hydrogens (tertiary/aromatic N) is 4. The number of aryl methyl sites for hydroxylation is 1. The first kappa shape index (κ1) is 30.3. The highest BCUT2D eigenvalue weighted by molar-refractivity contribution is 5.85. The molecule has 2 N–H and O–H groups in total. The van der Waals surface area contributed by atoms with E-state index in [2.05, 4.69) is 10.3 Å². The Morgan fingerprint density at radius 2 is 1.80 bits per heavy atom. The summed E-state index contributed by atoms with van der Waals surface area (Å²) in [6.45, 7) is 0.416. The van der Waals surface area contributed by atoms with Crippen molar-refractivity contribution < 1.29 is 19.3 Å². The zero-order chi connectivity index (χ0) is 31.4. The number of rotatable bonds is 11. The molecule has 0 atom stereocenters. The quantitative estimate of drug-likeness (QED) is 0.217. The molecule has 0 fully saturated rings. The molecule has 228 valence electrons. The standard InChI is InChI=1S/C33H35N5O6/c1-36(2)23-9-10-25-21(17-23)13-14-38(32(25)40)28-8-6-7-24(26(28)20-39)22-18-27(33(41)37(3)19-22)34-30-12-11-29(31(35-30)43-5)44-16-15-42-4/h6-14,17-19,39H,15-16,20H2,1-5H3,(H,34,35). The lowest BCUT2D eigenvalue weighted by atomic mass is 9.99. The first-order valence-electron chi connectivity index (χ1n) is 14.0. The van der Waals surface area contributed by atoms with Crippen LogP contribution in [0.1, 0.15) is 5.56 Å². The van der Waals surface area contributed by atoms with Crippen molar-refractivity contribution >= 4 is 28.0 Å². The molecule has 44 heavy (non-hydrogen) atoms. The van der Waals surface area contributed by atoms with Gasteiger partial charge in [-0.25, -0.2) is 0 Å². The summed E-state index contributed by atoms with van der Waals surface area (Å²) in [7, 11) is 8.62. The second-order valence-electron chi connectivity index (χ2n) is 10.3. The van der Waals surface area contributed by atoms with Gasteiger partial charge in [-0.1, -0.05) is 12.1 Å². The summed E-state index contributed by atoms with van der Waals surface area (Å²) >= 11 is 0. The van der Waals surface area contributed by atoms with Crippen LogP contribution in [0.5, 0.6) is 11.6 Å². The van der Waals surface area contributed by atoms with Gasteiger partial charge in [0.15, 0.2) is 5.75 Å². The van der Waals surface area contributed by atoms with Gasteiger partial charge in [-0.3, -0.25) is 14.2 Å². The Bertz CT molecular complexity index is 1930. The summed E-state index contributed by atoms with van der Waals surface area (Å²) < 4.78 is 19.1. The number of ether oxygens (including phenoxy) is 3. The van der Waals surface area contributed by atoms with Gasteiger partial charge in [0.05, 0.1) is 26.0 Å². The minimum absolute atomic E-state index is 0.197. The van der Waals surface area contributed by atoms with Gasteiger partial charge >= 0.3 is 0 Å². The molecular formula is C33H35N5O6. The molecule has 11 heteroatoms. The predicted octanol–water partition coefficient (Wildman–Crippen LogP) is 4.09. The maximum absolute atomic E-state index is 13.6. The molecule has 0 aliphatic heterocycles. The summed E-state index contributed by atoms with van der Waals surface area (Å²) in [4.78, 5) is 33.2. The van der Waals surface area contributed by atoms with E-state index in [1.165, 1.54) is 11.7 Å². The summed E-state index contributed by atoms with van der Waals surface area (Å²) in [6, 6.07) is 18.1. The van der Waals surface area contributed by atoms with Gasteiger partial charge in [-0.05, 0) is 59.5 Å². The van der Waals surface area contributed by atoms with Crippen LogP contribution < -0.4 is 30.8 Å². The van der Waals surface area contributed by atoms with Crippen molar-refractivity contribution in [1.82, 2.24) is 14.1 Å². The number of aliphatic hydroxyl groups excluding tert-OH is 1. The van der Waals surface area contributed by atoms with Crippen molar-refractivity contribution in [3.63, 3.8) is 0 Å². The van der Waals surface area contributed by atoms with Gasteiger partial charge in [-0.2, -0.15) is 4.98 Å². The lowest BCUT2D eigenvalue weighted by molar-refractivity contribution is 0.143. The number of benzene rings is 2. The third-order valence-electron chi connectivity index (χ3n) is 7.29. The fourth-order valence-corrected chi connectivity index (χ4v) is 5.01. The number of anilines is 3. The number of fused-ring (bicyclic) bond motifs is 1. The normalized spacial score (nSPS) is 11.0. The van der Waals surface area contributed by atoms with Gasteiger partial charge < -0.3 is 34.1 Å². The van der Waals surface area contributed by atoms with E-state index in [-0.39, 0.29) is 29.3 Å². The van der Waals surface area contributed by atoms with Crippen LogP contribution in [0.15, 0.2) is 82.6 Å². The van der Waals surface area contributed by atoms with Crippen molar-refractivity contribution in [3.05, 3.63) is 99.3 Å². The van der Waals surface area contributed by atoms with Gasteiger partial charge in [0, 0.05) is 62.8 Å². The van der Waals surface area contributed by atoms with Gasteiger partial charge in [0.1, 0.15) is 18.1 Å². The SMILES string of the molecule is COCCOc1ccc(Nc2cc(-c3cccc(-n4ccc5cc(N(C)C)ccc5c4=O)c3CO)cn(C)c2=O)nc1OC. The highest BCUT2D eigenvalue weighted by Gasteiger charge is 2.17. The molecule has 11 nitrogen and oxygen atoms in total. The highest BCUT2D eigenvalue weighted by Crippen LogP contribution is 2.31. The molecule has 0 amide bonds. The molecule has 0 unspecified atom stereocenters. The number of hydrogen-bond donors (Lipinski definition) is 2. The average molecular weight is 598 g/mol. The van der Waals surface area contributed by atoms with E-state index < -0.39 is 0 Å². The maximum atomic E-state index is 13.6. The van der Waals surface area contributed by atoms with E-state index >= 15 is 0 Å². The molecule has 0 aliphatic carbocycles. The Kier molecular flexibility index (Phi) is 8.98. The second-order valence-corrected chi connectivity index (χ2v) is 10.3. The number of methoxy groups -OCH3 is 2. The fourth-order valence-electron chi connectivity index (χ4n) is 5.01. The monoisotopic (exact) mass is 597 g/mol. The Morgan fingerprint density at radius 1 is 0.977 bits per heavy atom. The zero-order valence-electron chi connectivity index (χ0n) is 25.3. The lowest BCUT2D eigenvalue weighted by Gasteiger charge is -2.18. The van der Waals surface area contributed by atoms with Crippen molar-refractivity contribution in [3.8, 4) is 28.4 Å². The van der Waals surface area contributed by atoms with Gasteiger partial charge in [-0.15, -0.1) is 0 Å². The van der Waals surface area contributed by atoms with Crippen LogP contribution in [-0.2, 0) is 18.4 Å². The van der Waals surface area contributed by atoms with Crippen molar-refractivity contribution in [2.24, 2.45) is 7.05 Å². The topological polar surface area (TPSA) is 120 Å².